The average Bonchev–Trinajstić information content (AvgIpc) is 2.36. The van der Waals surface area contributed by atoms with E-state index < -0.39 is 0 Å². The molecule has 0 saturated heterocycles. The van der Waals surface area contributed by atoms with Crippen molar-refractivity contribution in [3.63, 3.8) is 0 Å². The maximum Gasteiger partial charge on any atom is 0.119 e. The van der Waals surface area contributed by atoms with Crippen molar-refractivity contribution in [2.75, 3.05) is 13.2 Å². The molecule has 0 aliphatic rings. The van der Waals surface area contributed by atoms with Gasteiger partial charge in [-0.2, -0.15) is 0 Å². The highest BCUT2D eigenvalue weighted by atomic mass is 16.5. The van der Waals surface area contributed by atoms with Crippen molar-refractivity contribution in [3.8, 4) is 5.75 Å². The van der Waals surface area contributed by atoms with Gasteiger partial charge in [-0.1, -0.05) is 26.0 Å². The molecule has 0 aliphatic heterocycles. The van der Waals surface area contributed by atoms with Gasteiger partial charge < -0.3 is 15.2 Å². The van der Waals surface area contributed by atoms with Gasteiger partial charge in [0, 0.05) is 18.2 Å². The van der Waals surface area contributed by atoms with Gasteiger partial charge in [0.15, 0.2) is 0 Å². The lowest BCUT2D eigenvalue weighted by molar-refractivity contribution is 0.221. The Bertz CT molecular complexity index is 384. The first-order valence-electron chi connectivity index (χ1n) is 7.45. The molecule has 3 nitrogen and oxygen atoms in total. The van der Waals surface area contributed by atoms with Gasteiger partial charge in [0.2, 0.25) is 0 Å². The summed E-state index contributed by atoms with van der Waals surface area (Å²) in [6.07, 6.45) is 0.743. The van der Waals surface area contributed by atoms with Gasteiger partial charge in [0.25, 0.3) is 0 Å². The summed E-state index contributed by atoms with van der Waals surface area (Å²) in [5.41, 5.74) is 1.16. The lowest BCUT2D eigenvalue weighted by Crippen LogP contribution is -2.41. The standard InChI is InChI=1S/C17H29NO2/c1-13(2)12-20-16-8-6-15(7-9-16)14(3)18-17(4,5)10-11-19/h6-9,13-14,18-19H,10-12H2,1-5H3. The van der Waals surface area contributed by atoms with Crippen LogP contribution in [0, 0.1) is 5.92 Å². The molecule has 2 N–H and O–H groups in total. The Morgan fingerprint density at radius 1 is 1.15 bits per heavy atom. The number of aliphatic hydroxyl groups is 1. The zero-order valence-corrected chi connectivity index (χ0v) is 13.4. The molecule has 1 rings (SSSR count). The van der Waals surface area contributed by atoms with E-state index in [-0.39, 0.29) is 18.2 Å². The van der Waals surface area contributed by atoms with Gasteiger partial charge >= 0.3 is 0 Å². The number of rotatable bonds is 8. The molecule has 0 bridgehead atoms. The van der Waals surface area contributed by atoms with Crippen molar-refractivity contribution in [1.29, 1.82) is 0 Å². The summed E-state index contributed by atoms with van der Waals surface area (Å²) < 4.78 is 5.69. The minimum Gasteiger partial charge on any atom is -0.493 e. The van der Waals surface area contributed by atoms with Gasteiger partial charge in [-0.15, -0.1) is 0 Å². The zero-order chi connectivity index (χ0) is 15.2. The molecule has 0 aromatic heterocycles. The molecule has 20 heavy (non-hydrogen) atoms. The first-order chi connectivity index (χ1) is 9.34. The van der Waals surface area contributed by atoms with Crippen molar-refractivity contribution in [1.82, 2.24) is 5.32 Å². The Hall–Kier alpha value is -1.06. The normalized spacial score (nSPS) is 13.6. The number of hydrogen-bond donors (Lipinski definition) is 2. The fourth-order valence-electron chi connectivity index (χ4n) is 2.14. The van der Waals surface area contributed by atoms with E-state index in [4.69, 9.17) is 9.84 Å². The fraction of sp³-hybridized carbons (Fsp3) is 0.647. The van der Waals surface area contributed by atoms with E-state index in [1.165, 1.54) is 5.56 Å². The largest absolute Gasteiger partial charge is 0.493 e. The van der Waals surface area contributed by atoms with Crippen LogP contribution >= 0.6 is 0 Å². The summed E-state index contributed by atoms with van der Waals surface area (Å²) in [5.74, 6) is 1.46. The first kappa shape index (κ1) is 17.0. The Kier molecular flexibility index (Phi) is 6.50. The lowest BCUT2D eigenvalue weighted by Gasteiger charge is -2.30. The van der Waals surface area contributed by atoms with Gasteiger partial charge in [-0.3, -0.25) is 0 Å². The minimum absolute atomic E-state index is 0.0685. The quantitative estimate of drug-likeness (QED) is 0.765. The highest BCUT2D eigenvalue weighted by molar-refractivity contribution is 5.29. The third-order valence-corrected chi connectivity index (χ3v) is 3.31. The van der Waals surface area contributed by atoms with Crippen LogP contribution in [0.5, 0.6) is 5.75 Å². The smallest absolute Gasteiger partial charge is 0.119 e. The van der Waals surface area contributed by atoms with Crippen molar-refractivity contribution >= 4 is 0 Å². The predicted octanol–water partition coefficient (Wildman–Crippen LogP) is 3.53. The molecule has 0 fully saturated rings. The molecule has 1 atom stereocenters. The molecule has 1 unspecified atom stereocenters. The SMILES string of the molecule is CC(C)COc1ccc(C(C)NC(C)(C)CCO)cc1. The summed E-state index contributed by atoms with van der Waals surface area (Å²) in [5, 5.41) is 12.6. The van der Waals surface area contributed by atoms with Crippen LogP contribution in [0.4, 0.5) is 0 Å². The molecule has 3 heteroatoms. The van der Waals surface area contributed by atoms with Crippen LogP contribution in [-0.2, 0) is 0 Å². The topological polar surface area (TPSA) is 41.5 Å². The van der Waals surface area contributed by atoms with Crippen molar-refractivity contribution in [2.24, 2.45) is 5.92 Å². The van der Waals surface area contributed by atoms with Crippen molar-refractivity contribution in [2.45, 2.75) is 52.6 Å². The van der Waals surface area contributed by atoms with Crippen LogP contribution in [0.3, 0.4) is 0 Å². The molecule has 1 aromatic rings. The molecule has 0 aliphatic carbocycles. The van der Waals surface area contributed by atoms with Crippen LogP contribution in [0.2, 0.25) is 0 Å². The maximum absolute atomic E-state index is 9.07. The summed E-state index contributed by atoms with van der Waals surface area (Å²) >= 11 is 0. The van der Waals surface area contributed by atoms with Crippen LogP contribution in [0.25, 0.3) is 0 Å². The number of hydrogen-bond acceptors (Lipinski definition) is 3. The number of aliphatic hydroxyl groups excluding tert-OH is 1. The Labute approximate surface area is 123 Å². The van der Waals surface area contributed by atoms with Gasteiger partial charge in [-0.25, -0.2) is 0 Å². The summed E-state index contributed by atoms with van der Waals surface area (Å²) in [6.45, 7) is 11.6. The van der Waals surface area contributed by atoms with Crippen LogP contribution < -0.4 is 10.1 Å². The van der Waals surface area contributed by atoms with Crippen molar-refractivity contribution in [3.05, 3.63) is 29.8 Å². The lowest BCUT2D eigenvalue weighted by atomic mass is 9.98. The average molecular weight is 279 g/mol. The van der Waals surface area contributed by atoms with E-state index in [0.29, 0.717) is 5.92 Å². The predicted molar refractivity (Wildman–Crippen MR) is 84.1 cm³/mol. The second-order valence-electron chi connectivity index (χ2n) is 6.50. The van der Waals surface area contributed by atoms with Crippen LogP contribution in [-0.4, -0.2) is 23.9 Å². The van der Waals surface area contributed by atoms with E-state index in [1.807, 2.05) is 12.1 Å². The van der Waals surface area contributed by atoms with E-state index in [2.05, 4.69) is 52.1 Å². The summed E-state index contributed by atoms with van der Waals surface area (Å²) in [6, 6.07) is 8.49. The molecule has 1 aromatic carbocycles. The molecule has 0 saturated carbocycles. The first-order valence-corrected chi connectivity index (χ1v) is 7.45. The Balaban J connectivity index is 2.59. The monoisotopic (exact) mass is 279 g/mol. The van der Waals surface area contributed by atoms with Gasteiger partial charge in [-0.05, 0) is 50.8 Å². The minimum atomic E-state index is -0.0685. The Morgan fingerprint density at radius 2 is 1.75 bits per heavy atom. The molecule has 0 radical (unpaired) electrons. The molecule has 0 amide bonds. The van der Waals surface area contributed by atoms with Crippen LogP contribution in [0.15, 0.2) is 24.3 Å². The molecule has 114 valence electrons. The van der Waals surface area contributed by atoms with Crippen LogP contribution in [0.1, 0.15) is 52.6 Å². The molecular formula is C17H29NO2. The maximum atomic E-state index is 9.07. The number of ether oxygens (including phenoxy) is 1. The number of benzene rings is 1. The molecule has 0 spiro atoms. The third kappa shape index (κ3) is 5.93. The zero-order valence-electron chi connectivity index (χ0n) is 13.4. The van der Waals surface area contributed by atoms with E-state index >= 15 is 0 Å². The second-order valence-corrected chi connectivity index (χ2v) is 6.50. The summed E-state index contributed by atoms with van der Waals surface area (Å²) in [7, 11) is 0. The molecule has 0 heterocycles. The van der Waals surface area contributed by atoms with E-state index in [9.17, 15) is 0 Å². The van der Waals surface area contributed by atoms with E-state index in [0.717, 1.165) is 18.8 Å². The Morgan fingerprint density at radius 3 is 2.25 bits per heavy atom. The molecular weight excluding hydrogens is 250 g/mol. The fourth-order valence-corrected chi connectivity index (χ4v) is 2.14. The highest BCUT2D eigenvalue weighted by Gasteiger charge is 2.19. The number of nitrogens with one attached hydrogen (secondary N) is 1. The highest BCUT2D eigenvalue weighted by Crippen LogP contribution is 2.21. The second kappa shape index (κ2) is 7.65. The van der Waals surface area contributed by atoms with Gasteiger partial charge in [0.05, 0.1) is 6.61 Å². The van der Waals surface area contributed by atoms with Gasteiger partial charge in [0.1, 0.15) is 5.75 Å². The van der Waals surface area contributed by atoms with E-state index in [1.54, 1.807) is 0 Å². The summed E-state index contributed by atoms with van der Waals surface area (Å²) in [4.78, 5) is 0. The third-order valence-electron chi connectivity index (χ3n) is 3.31. The van der Waals surface area contributed by atoms with Crippen molar-refractivity contribution < 1.29 is 9.84 Å².